The summed E-state index contributed by atoms with van der Waals surface area (Å²) in [5.74, 6) is 0.571. The first-order chi connectivity index (χ1) is 16.3. The highest BCUT2D eigenvalue weighted by Crippen LogP contribution is 2.35. The number of amidine groups is 1. The Morgan fingerprint density at radius 3 is 2.41 bits per heavy atom. The van der Waals surface area contributed by atoms with E-state index >= 15 is 0 Å². The Labute approximate surface area is 202 Å². The van der Waals surface area contributed by atoms with Crippen molar-refractivity contribution < 1.29 is 13.2 Å². The second-order valence-electron chi connectivity index (χ2n) is 9.28. The van der Waals surface area contributed by atoms with E-state index in [-0.39, 0.29) is 11.8 Å². The van der Waals surface area contributed by atoms with E-state index in [2.05, 4.69) is 21.8 Å². The topological polar surface area (TPSA) is 78.8 Å². The monoisotopic (exact) mass is 479 g/mol. The number of hydrogen-bond donors (Lipinski definition) is 1. The first kappa shape index (κ1) is 24.2. The van der Waals surface area contributed by atoms with Crippen LogP contribution in [-0.4, -0.2) is 44.7 Å². The molecule has 2 aromatic rings. The smallest absolute Gasteiger partial charge is 0.285 e. The number of benzene rings is 2. The summed E-state index contributed by atoms with van der Waals surface area (Å²) in [6, 6.07) is 16.0. The maximum Gasteiger partial charge on any atom is 0.285 e. The van der Waals surface area contributed by atoms with E-state index in [1.54, 1.807) is 0 Å². The van der Waals surface area contributed by atoms with Crippen LogP contribution >= 0.6 is 0 Å². The van der Waals surface area contributed by atoms with Gasteiger partial charge in [-0.1, -0.05) is 48.5 Å². The van der Waals surface area contributed by atoms with Crippen molar-refractivity contribution in [2.75, 3.05) is 19.6 Å². The van der Waals surface area contributed by atoms with Gasteiger partial charge >= 0.3 is 0 Å². The SMILES string of the molecule is CC1=C(c2ccc(C)c(C)c2)S(=O)(=O)N=C1N1CCC(C(=O)NCCCc2ccccc2)CC1. The summed E-state index contributed by atoms with van der Waals surface area (Å²) >= 11 is 0. The van der Waals surface area contributed by atoms with Crippen LogP contribution in [0.4, 0.5) is 0 Å². The molecule has 2 heterocycles. The fourth-order valence-electron chi connectivity index (χ4n) is 4.71. The summed E-state index contributed by atoms with van der Waals surface area (Å²) in [5.41, 5.74) is 4.83. The molecule has 2 aliphatic rings. The number of nitrogens with zero attached hydrogens (tertiary/aromatic N) is 2. The largest absolute Gasteiger partial charge is 0.356 e. The number of likely N-dealkylation sites (tertiary alicyclic amines) is 1. The van der Waals surface area contributed by atoms with Crippen LogP contribution in [0.1, 0.15) is 48.4 Å². The minimum atomic E-state index is -3.74. The zero-order chi connectivity index (χ0) is 24.3. The molecule has 7 heteroatoms. The van der Waals surface area contributed by atoms with Crippen LogP contribution in [0.3, 0.4) is 0 Å². The van der Waals surface area contributed by atoms with E-state index in [4.69, 9.17) is 0 Å². The lowest BCUT2D eigenvalue weighted by Crippen LogP contribution is -2.43. The minimum absolute atomic E-state index is 0.0462. The van der Waals surface area contributed by atoms with Gasteiger partial charge in [-0.3, -0.25) is 4.79 Å². The first-order valence-corrected chi connectivity index (χ1v) is 13.4. The maximum absolute atomic E-state index is 12.9. The average molecular weight is 480 g/mol. The predicted octanol–water partition coefficient (Wildman–Crippen LogP) is 4.24. The molecule has 1 saturated heterocycles. The van der Waals surface area contributed by atoms with Gasteiger partial charge in [0.15, 0.2) is 0 Å². The van der Waals surface area contributed by atoms with Gasteiger partial charge in [-0.2, -0.15) is 8.42 Å². The molecular weight excluding hydrogens is 446 g/mol. The van der Waals surface area contributed by atoms with Crippen LogP contribution in [0.25, 0.3) is 4.91 Å². The highest BCUT2D eigenvalue weighted by Gasteiger charge is 2.35. The molecule has 0 bridgehead atoms. The fraction of sp³-hybridized carbons (Fsp3) is 0.407. The fourth-order valence-corrected chi connectivity index (χ4v) is 6.19. The second-order valence-corrected chi connectivity index (χ2v) is 10.8. The van der Waals surface area contributed by atoms with E-state index in [0.29, 0.717) is 54.4 Å². The molecule has 0 spiro atoms. The van der Waals surface area contributed by atoms with Crippen LogP contribution in [-0.2, 0) is 21.2 Å². The Balaban J connectivity index is 1.34. The number of aryl methyl sites for hydroxylation is 3. The van der Waals surface area contributed by atoms with Gasteiger partial charge < -0.3 is 10.2 Å². The number of carbonyl (C=O) groups excluding carboxylic acids is 1. The summed E-state index contributed by atoms with van der Waals surface area (Å²) in [5, 5.41) is 3.07. The molecule has 34 heavy (non-hydrogen) atoms. The van der Waals surface area contributed by atoms with Gasteiger partial charge in [0.2, 0.25) is 5.91 Å². The normalized spacial score (nSPS) is 18.2. The molecule has 0 aliphatic carbocycles. The quantitative estimate of drug-likeness (QED) is 0.629. The molecule has 0 atom stereocenters. The lowest BCUT2D eigenvalue weighted by Gasteiger charge is -2.32. The number of amides is 1. The van der Waals surface area contributed by atoms with Crippen molar-refractivity contribution in [2.24, 2.45) is 10.3 Å². The van der Waals surface area contributed by atoms with Crippen molar-refractivity contribution in [2.45, 2.75) is 46.5 Å². The van der Waals surface area contributed by atoms with Gasteiger partial charge in [0.25, 0.3) is 10.0 Å². The van der Waals surface area contributed by atoms with Gasteiger partial charge in [0.1, 0.15) is 10.7 Å². The lowest BCUT2D eigenvalue weighted by atomic mass is 9.95. The molecule has 0 saturated carbocycles. The van der Waals surface area contributed by atoms with Crippen molar-refractivity contribution in [3.8, 4) is 0 Å². The Bertz CT molecular complexity index is 1230. The molecule has 2 aromatic carbocycles. The van der Waals surface area contributed by atoms with E-state index in [1.165, 1.54) is 5.56 Å². The molecule has 0 unspecified atom stereocenters. The summed E-state index contributed by atoms with van der Waals surface area (Å²) < 4.78 is 29.9. The zero-order valence-corrected chi connectivity index (χ0v) is 21.0. The molecule has 1 fully saturated rings. The predicted molar refractivity (Wildman–Crippen MR) is 137 cm³/mol. The van der Waals surface area contributed by atoms with Gasteiger partial charge in [-0.05, 0) is 68.7 Å². The minimum Gasteiger partial charge on any atom is -0.356 e. The van der Waals surface area contributed by atoms with Crippen molar-refractivity contribution in [3.63, 3.8) is 0 Å². The lowest BCUT2D eigenvalue weighted by molar-refractivity contribution is -0.126. The Morgan fingerprint density at radius 2 is 1.74 bits per heavy atom. The number of carbonyl (C=O) groups is 1. The summed E-state index contributed by atoms with van der Waals surface area (Å²) in [6.07, 6.45) is 3.24. The molecule has 4 rings (SSSR count). The van der Waals surface area contributed by atoms with E-state index in [9.17, 15) is 13.2 Å². The third kappa shape index (κ3) is 5.25. The second kappa shape index (κ2) is 10.1. The van der Waals surface area contributed by atoms with Crippen molar-refractivity contribution in [1.82, 2.24) is 10.2 Å². The van der Waals surface area contributed by atoms with Crippen LogP contribution < -0.4 is 5.32 Å². The van der Waals surface area contributed by atoms with Gasteiger partial charge in [0.05, 0.1) is 0 Å². The number of piperidine rings is 1. The standard InChI is InChI=1S/C27H33N3O3S/c1-19-11-12-24(18-20(19)2)25-21(3)26(29-34(25,32)33)30-16-13-23(14-17-30)27(31)28-15-7-10-22-8-5-4-6-9-22/h4-6,8-9,11-12,18,23H,7,10,13-17H2,1-3H3,(H,28,31). The summed E-state index contributed by atoms with van der Waals surface area (Å²) in [6.45, 7) is 7.73. The molecule has 0 radical (unpaired) electrons. The number of nitrogens with one attached hydrogen (secondary N) is 1. The highest BCUT2D eigenvalue weighted by molar-refractivity contribution is 8.00. The molecule has 0 aromatic heterocycles. The van der Waals surface area contributed by atoms with Crippen molar-refractivity contribution in [1.29, 1.82) is 0 Å². The molecule has 6 nitrogen and oxygen atoms in total. The van der Waals surface area contributed by atoms with E-state index in [0.717, 1.165) is 24.0 Å². The molecule has 180 valence electrons. The van der Waals surface area contributed by atoms with Crippen LogP contribution in [0.5, 0.6) is 0 Å². The molecule has 1 amide bonds. The van der Waals surface area contributed by atoms with E-state index in [1.807, 2.05) is 62.1 Å². The number of sulfonamides is 1. The Kier molecular flexibility index (Phi) is 7.22. The van der Waals surface area contributed by atoms with Gasteiger partial charge in [-0.15, -0.1) is 4.40 Å². The molecule has 2 aliphatic heterocycles. The van der Waals surface area contributed by atoms with E-state index < -0.39 is 10.0 Å². The van der Waals surface area contributed by atoms with Gasteiger partial charge in [0, 0.05) is 31.1 Å². The third-order valence-electron chi connectivity index (χ3n) is 6.86. The van der Waals surface area contributed by atoms with Crippen LogP contribution in [0, 0.1) is 19.8 Å². The zero-order valence-electron chi connectivity index (χ0n) is 20.2. The van der Waals surface area contributed by atoms with Crippen molar-refractivity contribution in [3.05, 3.63) is 76.4 Å². The number of rotatable bonds is 6. The summed E-state index contributed by atoms with van der Waals surface area (Å²) in [7, 11) is -3.74. The Hall–Kier alpha value is -2.93. The summed E-state index contributed by atoms with van der Waals surface area (Å²) in [4.78, 5) is 14.9. The van der Waals surface area contributed by atoms with Crippen LogP contribution in [0.15, 0.2) is 58.5 Å². The third-order valence-corrected chi connectivity index (χ3v) is 8.33. The number of hydrogen-bond acceptors (Lipinski definition) is 4. The molecule has 1 N–H and O–H groups in total. The van der Waals surface area contributed by atoms with Gasteiger partial charge in [-0.25, -0.2) is 0 Å². The highest BCUT2D eigenvalue weighted by atomic mass is 32.2. The molecular formula is C27H33N3O3S. The van der Waals surface area contributed by atoms with Crippen molar-refractivity contribution >= 4 is 26.7 Å². The average Bonchev–Trinajstić information content (AvgIpc) is 3.07. The van der Waals surface area contributed by atoms with Crippen LogP contribution in [0.2, 0.25) is 0 Å². The Morgan fingerprint density at radius 1 is 1.03 bits per heavy atom. The maximum atomic E-state index is 12.9. The first-order valence-electron chi connectivity index (χ1n) is 12.0.